The lowest BCUT2D eigenvalue weighted by molar-refractivity contribution is 0.0610. The van der Waals surface area contributed by atoms with Crippen LogP contribution in [-0.4, -0.2) is 56.3 Å². The van der Waals surface area contributed by atoms with Crippen molar-refractivity contribution in [2.24, 2.45) is 0 Å². The molecule has 2 aliphatic rings. The summed E-state index contributed by atoms with van der Waals surface area (Å²) in [6, 6.07) is 5.84. The molecule has 3 heterocycles. The molecule has 0 aliphatic carbocycles. The van der Waals surface area contributed by atoms with Crippen LogP contribution < -0.4 is 10.1 Å². The number of amides is 1. The van der Waals surface area contributed by atoms with Crippen LogP contribution in [0.25, 0.3) is 11.0 Å². The number of aryl methyl sites for hydroxylation is 1. The zero-order valence-electron chi connectivity index (χ0n) is 16.1. The van der Waals surface area contributed by atoms with Gasteiger partial charge in [0, 0.05) is 49.3 Å². The maximum absolute atomic E-state index is 12.7. The monoisotopic (exact) mass is 372 g/mol. The summed E-state index contributed by atoms with van der Waals surface area (Å²) in [7, 11) is 1.62. The number of fused-ring (bicyclic) bond motifs is 1. The first-order valence-corrected chi connectivity index (χ1v) is 9.86. The molecule has 1 aromatic carbocycles. The average molecular weight is 372 g/mol. The molecule has 146 valence electrons. The van der Waals surface area contributed by atoms with Crippen molar-refractivity contribution < 1.29 is 18.7 Å². The molecule has 0 spiro atoms. The second-order valence-corrected chi connectivity index (χ2v) is 7.60. The lowest BCUT2D eigenvalue weighted by Gasteiger charge is -2.33. The predicted octanol–water partition coefficient (Wildman–Crippen LogP) is 3.12. The van der Waals surface area contributed by atoms with E-state index in [4.69, 9.17) is 13.9 Å². The molecular formula is C21H28N2O4. The maximum atomic E-state index is 12.7. The van der Waals surface area contributed by atoms with Crippen molar-refractivity contribution >= 4 is 16.9 Å². The van der Waals surface area contributed by atoms with Crippen LogP contribution in [0.5, 0.6) is 5.75 Å². The largest absolute Gasteiger partial charge is 0.497 e. The topological polar surface area (TPSA) is 63.9 Å². The number of ether oxygens (including phenoxy) is 2. The fourth-order valence-electron chi connectivity index (χ4n) is 4.14. The zero-order valence-corrected chi connectivity index (χ0v) is 16.1. The van der Waals surface area contributed by atoms with Gasteiger partial charge >= 0.3 is 0 Å². The Hall–Kier alpha value is -2.05. The van der Waals surface area contributed by atoms with Gasteiger partial charge in [-0.2, -0.15) is 0 Å². The Morgan fingerprint density at radius 3 is 2.81 bits per heavy atom. The normalized spacial score (nSPS) is 21.6. The highest BCUT2D eigenvalue weighted by atomic mass is 16.5. The van der Waals surface area contributed by atoms with E-state index in [1.165, 1.54) is 12.8 Å². The van der Waals surface area contributed by atoms with E-state index in [0.717, 1.165) is 55.8 Å². The third-order valence-electron chi connectivity index (χ3n) is 5.76. The van der Waals surface area contributed by atoms with Crippen LogP contribution in [0.2, 0.25) is 0 Å². The van der Waals surface area contributed by atoms with Gasteiger partial charge in [-0.15, -0.1) is 0 Å². The fraction of sp³-hybridized carbons (Fsp3) is 0.571. The highest BCUT2D eigenvalue weighted by Gasteiger charge is 2.26. The van der Waals surface area contributed by atoms with Crippen molar-refractivity contribution in [2.45, 2.75) is 44.8 Å². The van der Waals surface area contributed by atoms with Gasteiger partial charge in [0.15, 0.2) is 5.76 Å². The van der Waals surface area contributed by atoms with Gasteiger partial charge in [0.05, 0.1) is 13.2 Å². The van der Waals surface area contributed by atoms with Crippen molar-refractivity contribution in [1.82, 2.24) is 10.2 Å². The molecule has 2 saturated heterocycles. The molecule has 27 heavy (non-hydrogen) atoms. The average Bonchev–Trinajstić information content (AvgIpc) is 3.31. The second kappa shape index (κ2) is 7.90. The number of likely N-dealkylation sites (tertiary alicyclic amines) is 1. The molecule has 2 fully saturated rings. The summed E-state index contributed by atoms with van der Waals surface area (Å²) in [5.41, 5.74) is 1.56. The van der Waals surface area contributed by atoms with Crippen LogP contribution in [-0.2, 0) is 4.74 Å². The molecule has 4 rings (SSSR count). The number of piperidine rings is 1. The molecule has 1 amide bonds. The number of carbonyl (C=O) groups excluding carboxylic acids is 1. The standard InChI is InChI=1S/C21H28N2O4/c1-14-18-6-5-16(25-2)12-19(18)27-20(14)21(24)22-15-7-9-23(10-8-15)13-17-4-3-11-26-17/h5-6,12,15,17H,3-4,7-11,13H2,1-2H3,(H,22,24)/t17-/m0/s1. The Morgan fingerprint density at radius 1 is 1.30 bits per heavy atom. The third-order valence-corrected chi connectivity index (χ3v) is 5.76. The lowest BCUT2D eigenvalue weighted by atomic mass is 10.0. The van der Waals surface area contributed by atoms with Crippen LogP contribution in [0, 0.1) is 6.92 Å². The predicted molar refractivity (Wildman–Crippen MR) is 103 cm³/mol. The zero-order chi connectivity index (χ0) is 18.8. The molecule has 0 radical (unpaired) electrons. The Labute approximate surface area is 159 Å². The lowest BCUT2D eigenvalue weighted by Crippen LogP contribution is -2.46. The third kappa shape index (κ3) is 3.96. The summed E-state index contributed by atoms with van der Waals surface area (Å²) < 4.78 is 16.8. The van der Waals surface area contributed by atoms with Gasteiger partial charge in [-0.25, -0.2) is 0 Å². The van der Waals surface area contributed by atoms with Crippen molar-refractivity contribution in [3.05, 3.63) is 29.5 Å². The summed E-state index contributed by atoms with van der Waals surface area (Å²) in [4.78, 5) is 15.2. The second-order valence-electron chi connectivity index (χ2n) is 7.60. The molecule has 0 saturated carbocycles. The molecular weight excluding hydrogens is 344 g/mol. The molecule has 6 heteroatoms. The highest BCUT2D eigenvalue weighted by molar-refractivity contribution is 5.99. The minimum absolute atomic E-state index is 0.125. The molecule has 1 atom stereocenters. The number of furan rings is 1. The van der Waals surface area contributed by atoms with Crippen LogP contribution in [0.15, 0.2) is 22.6 Å². The van der Waals surface area contributed by atoms with Gasteiger partial charge in [-0.1, -0.05) is 0 Å². The number of hydrogen-bond donors (Lipinski definition) is 1. The van der Waals surface area contributed by atoms with Gasteiger partial charge in [-0.3, -0.25) is 4.79 Å². The summed E-state index contributed by atoms with van der Waals surface area (Å²) in [5, 5.41) is 4.11. The first-order chi connectivity index (χ1) is 13.1. The number of nitrogens with one attached hydrogen (secondary N) is 1. The molecule has 0 bridgehead atoms. The maximum Gasteiger partial charge on any atom is 0.287 e. The van der Waals surface area contributed by atoms with E-state index < -0.39 is 0 Å². The number of hydrogen-bond acceptors (Lipinski definition) is 5. The van der Waals surface area contributed by atoms with Crippen molar-refractivity contribution in [3.63, 3.8) is 0 Å². The van der Waals surface area contributed by atoms with E-state index >= 15 is 0 Å². The van der Waals surface area contributed by atoms with E-state index in [1.54, 1.807) is 7.11 Å². The Bertz CT molecular complexity index is 802. The number of nitrogens with zero attached hydrogens (tertiary/aromatic N) is 1. The van der Waals surface area contributed by atoms with E-state index in [9.17, 15) is 4.79 Å². The van der Waals surface area contributed by atoms with Gasteiger partial charge in [-0.05, 0) is 44.7 Å². The first-order valence-electron chi connectivity index (χ1n) is 9.86. The molecule has 1 aromatic heterocycles. The van der Waals surface area contributed by atoms with Gasteiger partial charge < -0.3 is 24.1 Å². The van der Waals surface area contributed by atoms with Crippen LogP contribution in [0.1, 0.15) is 41.8 Å². The Balaban J connectivity index is 1.35. The molecule has 1 N–H and O–H groups in total. The summed E-state index contributed by atoms with van der Waals surface area (Å²) in [5.74, 6) is 1.00. The SMILES string of the molecule is COc1ccc2c(C)c(C(=O)NC3CCN(C[C@@H]4CCCO4)CC3)oc2c1. The number of benzene rings is 1. The van der Waals surface area contributed by atoms with Crippen molar-refractivity contribution in [2.75, 3.05) is 33.4 Å². The fourth-order valence-corrected chi connectivity index (χ4v) is 4.14. The van der Waals surface area contributed by atoms with Crippen LogP contribution in [0.4, 0.5) is 0 Å². The molecule has 2 aliphatic heterocycles. The van der Waals surface area contributed by atoms with E-state index in [1.807, 2.05) is 25.1 Å². The number of carbonyl (C=O) groups is 1. The van der Waals surface area contributed by atoms with Crippen molar-refractivity contribution in [3.8, 4) is 5.75 Å². The van der Waals surface area contributed by atoms with E-state index in [0.29, 0.717) is 17.4 Å². The number of rotatable bonds is 5. The number of methoxy groups -OCH3 is 1. The van der Waals surface area contributed by atoms with Gasteiger partial charge in [0.2, 0.25) is 0 Å². The smallest absolute Gasteiger partial charge is 0.287 e. The first kappa shape index (κ1) is 18.3. The Kier molecular flexibility index (Phi) is 5.36. The van der Waals surface area contributed by atoms with Crippen LogP contribution >= 0.6 is 0 Å². The molecule has 2 aromatic rings. The van der Waals surface area contributed by atoms with Crippen LogP contribution in [0.3, 0.4) is 0 Å². The van der Waals surface area contributed by atoms with Crippen molar-refractivity contribution in [1.29, 1.82) is 0 Å². The Morgan fingerprint density at radius 2 is 2.11 bits per heavy atom. The molecule has 6 nitrogen and oxygen atoms in total. The van der Waals surface area contributed by atoms with E-state index in [2.05, 4.69) is 10.2 Å². The summed E-state index contributed by atoms with van der Waals surface area (Å²) in [6.07, 6.45) is 4.68. The minimum atomic E-state index is -0.125. The quantitative estimate of drug-likeness (QED) is 0.874. The molecule has 0 unspecified atom stereocenters. The summed E-state index contributed by atoms with van der Waals surface area (Å²) in [6.45, 7) is 5.85. The van der Waals surface area contributed by atoms with Gasteiger partial charge in [0.25, 0.3) is 5.91 Å². The minimum Gasteiger partial charge on any atom is -0.497 e. The highest BCUT2D eigenvalue weighted by Crippen LogP contribution is 2.29. The van der Waals surface area contributed by atoms with Gasteiger partial charge in [0.1, 0.15) is 11.3 Å². The van der Waals surface area contributed by atoms with E-state index in [-0.39, 0.29) is 11.9 Å². The summed E-state index contributed by atoms with van der Waals surface area (Å²) >= 11 is 0.